The van der Waals surface area contributed by atoms with Crippen LogP contribution in [0.2, 0.25) is 0 Å². The first-order chi connectivity index (χ1) is 7.77. The van der Waals surface area contributed by atoms with Gasteiger partial charge in [-0.15, -0.1) is 11.8 Å². The number of amides is 1. The van der Waals surface area contributed by atoms with Crippen LogP contribution in [-0.2, 0) is 4.79 Å². The summed E-state index contributed by atoms with van der Waals surface area (Å²) in [6, 6.07) is 8.30. The molecule has 0 spiro atoms. The van der Waals surface area contributed by atoms with E-state index in [9.17, 15) is 4.79 Å². The molecule has 3 heteroatoms. The molecule has 2 N–H and O–H groups in total. The van der Waals surface area contributed by atoms with E-state index in [1.54, 1.807) is 11.8 Å². The lowest BCUT2D eigenvalue weighted by Gasteiger charge is -2.24. The second kappa shape index (κ2) is 3.52. The Kier molecular flexibility index (Phi) is 2.14. The predicted molar refractivity (Wildman–Crippen MR) is 66.6 cm³/mol. The fraction of sp³-hybridized carbons (Fsp3) is 0.154. The van der Waals surface area contributed by atoms with Gasteiger partial charge in [0.05, 0.1) is 0 Å². The molecule has 2 atom stereocenters. The summed E-state index contributed by atoms with van der Waals surface area (Å²) in [4.78, 5) is 11.3. The number of benzene rings is 1. The molecule has 0 bridgehead atoms. The Morgan fingerprint density at radius 1 is 1.31 bits per heavy atom. The molecule has 0 aromatic heterocycles. The van der Waals surface area contributed by atoms with Gasteiger partial charge in [-0.1, -0.05) is 36.4 Å². The van der Waals surface area contributed by atoms with Crippen LogP contribution in [0.1, 0.15) is 16.4 Å². The first kappa shape index (κ1) is 9.73. The monoisotopic (exact) mass is 229 g/mol. The topological polar surface area (TPSA) is 43.1 Å². The molecular weight excluding hydrogens is 218 g/mol. The van der Waals surface area contributed by atoms with Crippen molar-refractivity contribution in [1.82, 2.24) is 0 Å². The van der Waals surface area contributed by atoms with Crippen molar-refractivity contribution in [3.05, 3.63) is 52.4 Å². The number of carbonyl (C=O) groups excluding carboxylic acids is 1. The zero-order valence-electron chi connectivity index (χ0n) is 8.59. The highest BCUT2D eigenvalue weighted by Crippen LogP contribution is 2.50. The summed E-state index contributed by atoms with van der Waals surface area (Å²) >= 11 is 1.69. The minimum Gasteiger partial charge on any atom is -0.366 e. The normalized spacial score (nSPS) is 25.9. The third kappa shape index (κ3) is 1.32. The molecule has 1 aromatic rings. The number of carbonyl (C=O) groups is 1. The highest BCUT2D eigenvalue weighted by molar-refractivity contribution is 8.02. The van der Waals surface area contributed by atoms with Crippen LogP contribution in [0.5, 0.6) is 0 Å². The molecule has 1 aliphatic heterocycles. The minimum atomic E-state index is -0.302. The Bertz CT molecular complexity index is 518. The Hall–Kier alpha value is -1.48. The summed E-state index contributed by atoms with van der Waals surface area (Å²) in [6.45, 7) is 0. The van der Waals surface area contributed by atoms with Crippen LogP contribution in [0.25, 0.3) is 6.08 Å². The predicted octanol–water partition coefficient (Wildman–Crippen LogP) is 2.49. The zero-order valence-corrected chi connectivity index (χ0v) is 9.41. The number of allylic oxidation sites excluding steroid dienone is 1. The molecule has 80 valence electrons. The molecule has 0 saturated heterocycles. The van der Waals surface area contributed by atoms with Gasteiger partial charge in [-0.3, -0.25) is 4.79 Å². The van der Waals surface area contributed by atoms with Crippen LogP contribution < -0.4 is 5.73 Å². The Morgan fingerprint density at radius 3 is 2.94 bits per heavy atom. The number of primary amides is 1. The molecule has 1 aliphatic carbocycles. The molecule has 2 nitrogen and oxygen atoms in total. The molecule has 1 heterocycles. The van der Waals surface area contributed by atoms with Crippen LogP contribution in [0, 0.1) is 5.92 Å². The van der Waals surface area contributed by atoms with Gasteiger partial charge in [0.25, 0.3) is 0 Å². The summed E-state index contributed by atoms with van der Waals surface area (Å²) in [5.41, 5.74) is 8.65. The Balaban J connectivity index is 2.05. The first-order valence-corrected chi connectivity index (χ1v) is 6.14. The number of thioether (sulfide) groups is 1. The minimum absolute atomic E-state index is 0.150. The Morgan fingerprint density at radius 2 is 2.12 bits per heavy atom. The average Bonchev–Trinajstić information content (AvgIpc) is 2.73. The lowest BCUT2D eigenvalue weighted by atomic mass is 9.85. The van der Waals surface area contributed by atoms with E-state index >= 15 is 0 Å². The molecule has 3 rings (SSSR count). The van der Waals surface area contributed by atoms with E-state index in [0.29, 0.717) is 5.25 Å². The lowest BCUT2D eigenvalue weighted by molar-refractivity contribution is -0.114. The highest BCUT2D eigenvalue weighted by atomic mass is 32.2. The van der Waals surface area contributed by atoms with E-state index in [1.165, 1.54) is 11.1 Å². The molecule has 16 heavy (non-hydrogen) atoms. The van der Waals surface area contributed by atoms with Crippen molar-refractivity contribution in [2.75, 3.05) is 0 Å². The molecule has 1 unspecified atom stereocenters. The van der Waals surface area contributed by atoms with Gasteiger partial charge in [0.1, 0.15) is 0 Å². The van der Waals surface area contributed by atoms with Gasteiger partial charge in [0.2, 0.25) is 5.91 Å². The number of rotatable bonds is 1. The molecule has 1 amide bonds. The molecule has 0 saturated carbocycles. The number of hydrogen-bond acceptors (Lipinski definition) is 2. The summed E-state index contributed by atoms with van der Waals surface area (Å²) in [7, 11) is 0. The number of nitrogens with two attached hydrogens (primary N) is 1. The standard InChI is InChI=1S/C13H11NOS/c14-13(15)11-7-16-12-9-4-2-1-3-8(9)5-6-10(11)12/h1-7,10,12H,(H2,14,15)/t10?,12-/m1/s1. The second-order valence-electron chi connectivity index (χ2n) is 4.01. The van der Waals surface area contributed by atoms with E-state index < -0.39 is 0 Å². The van der Waals surface area contributed by atoms with Gasteiger partial charge in [-0.2, -0.15) is 0 Å². The summed E-state index contributed by atoms with van der Waals surface area (Å²) in [5, 5.41) is 2.23. The maximum absolute atomic E-state index is 11.3. The van der Waals surface area contributed by atoms with E-state index in [0.717, 1.165) is 5.57 Å². The van der Waals surface area contributed by atoms with Crippen molar-refractivity contribution in [3.8, 4) is 0 Å². The van der Waals surface area contributed by atoms with Crippen LogP contribution >= 0.6 is 11.8 Å². The number of fused-ring (bicyclic) bond motifs is 3. The second-order valence-corrected chi connectivity index (χ2v) is 5.02. The van der Waals surface area contributed by atoms with Gasteiger partial charge >= 0.3 is 0 Å². The van der Waals surface area contributed by atoms with Crippen molar-refractivity contribution in [1.29, 1.82) is 0 Å². The van der Waals surface area contributed by atoms with E-state index in [2.05, 4.69) is 24.3 Å². The maximum atomic E-state index is 11.3. The average molecular weight is 229 g/mol. The third-order valence-corrected chi connectivity index (χ3v) is 4.33. The molecule has 2 aliphatic rings. The van der Waals surface area contributed by atoms with Gasteiger partial charge in [-0.25, -0.2) is 0 Å². The van der Waals surface area contributed by atoms with Crippen LogP contribution in [0.3, 0.4) is 0 Å². The van der Waals surface area contributed by atoms with Crippen LogP contribution in [-0.4, -0.2) is 5.91 Å². The zero-order chi connectivity index (χ0) is 11.1. The van der Waals surface area contributed by atoms with Crippen LogP contribution in [0.15, 0.2) is 41.3 Å². The fourth-order valence-corrected chi connectivity index (χ4v) is 3.63. The molecular formula is C13H11NOS. The van der Waals surface area contributed by atoms with E-state index in [1.807, 2.05) is 17.5 Å². The van der Waals surface area contributed by atoms with Crippen molar-refractivity contribution < 1.29 is 4.79 Å². The molecule has 1 aromatic carbocycles. The Labute approximate surface area is 98.2 Å². The quantitative estimate of drug-likeness (QED) is 0.804. The smallest absolute Gasteiger partial charge is 0.245 e. The van der Waals surface area contributed by atoms with Gasteiger partial charge < -0.3 is 5.73 Å². The largest absolute Gasteiger partial charge is 0.366 e. The summed E-state index contributed by atoms with van der Waals surface area (Å²) < 4.78 is 0. The van der Waals surface area contributed by atoms with Crippen molar-refractivity contribution >= 4 is 23.7 Å². The van der Waals surface area contributed by atoms with E-state index in [-0.39, 0.29) is 11.8 Å². The van der Waals surface area contributed by atoms with Crippen LogP contribution in [0.4, 0.5) is 0 Å². The van der Waals surface area contributed by atoms with Gasteiger partial charge in [0, 0.05) is 16.7 Å². The lowest BCUT2D eigenvalue weighted by Crippen LogP contribution is -2.21. The van der Waals surface area contributed by atoms with Crippen molar-refractivity contribution in [2.45, 2.75) is 5.25 Å². The van der Waals surface area contributed by atoms with E-state index in [4.69, 9.17) is 5.73 Å². The van der Waals surface area contributed by atoms with Gasteiger partial charge in [0.15, 0.2) is 0 Å². The third-order valence-electron chi connectivity index (χ3n) is 3.10. The summed E-state index contributed by atoms with van der Waals surface area (Å²) in [5.74, 6) is -0.151. The first-order valence-electron chi connectivity index (χ1n) is 5.20. The summed E-state index contributed by atoms with van der Waals surface area (Å²) in [6.07, 6.45) is 4.17. The maximum Gasteiger partial charge on any atom is 0.245 e. The van der Waals surface area contributed by atoms with Gasteiger partial charge in [-0.05, 0) is 16.5 Å². The SMILES string of the molecule is NC(=O)C1=CS[C@@H]2c3ccccc3C=CC12. The number of hydrogen-bond donors (Lipinski definition) is 1. The van der Waals surface area contributed by atoms with Crippen molar-refractivity contribution in [3.63, 3.8) is 0 Å². The van der Waals surface area contributed by atoms with Crippen molar-refractivity contribution in [2.24, 2.45) is 11.7 Å². The molecule has 0 radical (unpaired) electrons. The molecule has 0 fully saturated rings. The highest BCUT2D eigenvalue weighted by Gasteiger charge is 2.35. The fourth-order valence-electron chi connectivity index (χ4n) is 2.30.